The quantitative estimate of drug-likeness (QED) is 0.286. The van der Waals surface area contributed by atoms with Crippen molar-refractivity contribution in [3.63, 3.8) is 0 Å². The van der Waals surface area contributed by atoms with Crippen LogP contribution in [0.4, 0.5) is 10.1 Å². The monoisotopic (exact) mass is 525 g/mol. The van der Waals surface area contributed by atoms with E-state index in [1.165, 1.54) is 36.5 Å². The SMILES string of the molecule is Cc1[nH]nc2cc(-c3ccc(NS(=O)(=O)c4cc(Cl)ccc4F)cc3)nc(Oc3ccc(=O)[nH]c3)c12. The summed E-state index contributed by atoms with van der Waals surface area (Å²) in [5.74, 6) is -0.244. The van der Waals surface area contributed by atoms with Gasteiger partial charge in [-0.3, -0.25) is 14.6 Å². The fourth-order valence-corrected chi connectivity index (χ4v) is 4.94. The van der Waals surface area contributed by atoms with Crippen molar-refractivity contribution in [2.45, 2.75) is 11.8 Å². The molecule has 2 aromatic carbocycles. The number of H-pyrrole nitrogens is 2. The van der Waals surface area contributed by atoms with Crippen molar-refractivity contribution < 1.29 is 17.5 Å². The lowest BCUT2D eigenvalue weighted by Crippen LogP contribution is -2.14. The first-order chi connectivity index (χ1) is 17.2. The molecule has 5 aromatic rings. The Morgan fingerprint density at radius 2 is 1.83 bits per heavy atom. The van der Waals surface area contributed by atoms with Crippen molar-refractivity contribution in [2.24, 2.45) is 0 Å². The first-order valence-corrected chi connectivity index (χ1v) is 12.4. The van der Waals surface area contributed by atoms with Crippen molar-refractivity contribution in [1.29, 1.82) is 0 Å². The number of sulfonamides is 1. The molecule has 0 aliphatic rings. The van der Waals surface area contributed by atoms with Gasteiger partial charge in [0, 0.05) is 34.2 Å². The van der Waals surface area contributed by atoms with Gasteiger partial charge in [0.2, 0.25) is 11.4 Å². The maximum atomic E-state index is 14.1. The number of aromatic amines is 2. The molecule has 3 heterocycles. The molecule has 36 heavy (non-hydrogen) atoms. The van der Waals surface area contributed by atoms with E-state index in [0.717, 1.165) is 17.8 Å². The van der Waals surface area contributed by atoms with E-state index in [1.54, 1.807) is 18.2 Å². The third-order valence-electron chi connectivity index (χ3n) is 5.27. The molecular weight excluding hydrogens is 509 g/mol. The molecule has 0 spiro atoms. The van der Waals surface area contributed by atoms with Gasteiger partial charge >= 0.3 is 0 Å². The molecule has 3 N–H and O–H groups in total. The summed E-state index contributed by atoms with van der Waals surface area (Å²) < 4.78 is 47.6. The van der Waals surface area contributed by atoms with E-state index in [2.05, 4.69) is 24.9 Å². The second-order valence-electron chi connectivity index (χ2n) is 7.80. The number of aromatic nitrogens is 4. The van der Waals surface area contributed by atoms with Crippen LogP contribution < -0.4 is 15.0 Å². The Morgan fingerprint density at radius 1 is 1.06 bits per heavy atom. The summed E-state index contributed by atoms with van der Waals surface area (Å²) in [6, 6.07) is 14.3. The molecule has 0 aliphatic carbocycles. The van der Waals surface area contributed by atoms with Gasteiger partial charge in [0.15, 0.2) is 0 Å². The summed E-state index contributed by atoms with van der Waals surface area (Å²) >= 11 is 5.83. The molecule has 182 valence electrons. The van der Waals surface area contributed by atoms with Gasteiger partial charge in [0.05, 0.1) is 16.6 Å². The number of rotatable bonds is 6. The van der Waals surface area contributed by atoms with Crippen LogP contribution >= 0.6 is 11.6 Å². The van der Waals surface area contributed by atoms with Crippen LogP contribution in [-0.2, 0) is 10.0 Å². The largest absolute Gasteiger partial charge is 0.437 e. The van der Waals surface area contributed by atoms with Crippen LogP contribution in [0.3, 0.4) is 0 Å². The molecule has 0 radical (unpaired) electrons. The summed E-state index contributed by atoms with van der Waals surface area (Å²) in [5.41, 5.74) is 2.49. The molecule has 9 nitrogen and oxygen atoms in total. The third kappa shape index (κ3) is 4.66. The molecule has 5 rings (SSSR count). The molecule has 0 aliphatic heterocycles. The topological polar surface area (TPSA) is 130 Å². The molecule has 0 amide bonds. The zero-order valence-electron chi connectivity index (χ0n) is 18.5. The second-order valence-corrected chi connectivity index (χ2v) is 9.89. The van der Waals surface area contributed by atoms with Crippen LogP contribution in [-0.4, -0.2) is 28.6 Å². The van der Waals surface area contributed by atoms with Gasteiger partial charge in [0.25, 0.3) is 10.0 Å². The number of nitrogens with zero attached hydrogens (tertiary/aromatic N) is 2. The maximum absolute atomic E-state index is 14.1. The minimum absolute atomic E-state index is 0.0991. The number of ether oxygens (including phenoxy) is 1. The highest BCUT2D eigenvalue weighted by Crippen LogP contribution is 2.33. The molecule has 0 unspecified atom stereocenters. The number of fused-ring (bicyclic) bond motifs is 1. The summed E-state index contributed by atoms with van der Waals surface area (Å²) in [6.45, 7) is 1.83. The van der Waals surface area contributed by atoms with E-state index >= 15 is 0 Å². The molecule has 0 saturated heterocycles. The minimum atomic E-state index is -4.20. The van der Waals surface area contributed by atoms with Crippen LogP contribution in [0.1, 0.15) is 5.69 Å². The third-order valence-corrected chi connectivity index (χ3v) is 6.90. The van der Waals surface area contributed by atoms with Crippen molar-refractivity contribution in [2.75, 3.05) is 4.72 Å². The number of pyridine rings is 2. The van der Waals surface area contributed by atoms with Crippen LogP contribution in [0.15, 0.2) is 76.6 Å². The van der Waals surface area contributed by atoms with Crippen LogP contribution in [0.25, 0.3) is 22.2 Å². The Labute approximate surface area is 209 Å². The number of anilines is 1. The minimum Gasteiger partial charge on any atom is -0.437 e. The van der Waals surface area contributed by atoms with Gasteiger partial charge < -0.3 is 9.72 Å². The number of nitrogens with one attached hydrogen (secondary N) is 3. The average molecular weight is 526 g/mol. The lowest BCUT2D eigenvalue weighted by molar-refractivity contribution is 0.467. The van der Waals surface area contributed by atoms with Crippen LogP contribution in [0.5, 0.6) is 11.6 Å². The molecule has 0 bridgehead atoms. The van der Waals surface area contributed by atoms with Crippen molar-refractivity contribution in [3.05, 3.63) is 93.7 Å². The average Bonchev–Trinajstić information content (AvgIpc) is 3.23. The summed E-state index contributed by atoms with van der Waals surface area (Å²) in [7, 11) is -4.20. The Kier molecular flexibility index (Phi) is 5.94. The summed E-state index contributed by atoms with van der Waals surface area (Å²) in [6.07, 6.45) is 1.43. The molecule has 0 atom stereocenters. The van der Waals surface area contributed by atoms with E-state index in [0.29, 0.717) is 27.9 Å². The number of hydrogen-bond acceptors (Lipinski definition) is 6. The summed E-state index contributed by atoms with van der Waals surface area (Å²) in [5, 5.41) is 7.98. The number of hydrogen-bond donors (Lipinski definition) is 3. The predicted molar refractivity (Wildman–Crippen MR) is 133 cm³/mol. The highest BCUT2D eigenvalue weighted by Gasteiger charge is 2.20. The lowest BCUT2D eigenvalue weighted by Gasteiger charge is -2.11. The van der Waals surface area contributed by atoms with Gasteiger partial charge in [-0.05, 0) is 49.4 Å². The smallest absolute Gasteiger partial charge is 0.264 e. The highest BCUT2D eigenvalue weighted by atomic mass is 35.5. The molecule has 3 aromatic heterocycles. The number of aryl methyl sites for hydroxylation is 1. The fraction of sp³-hybridized carbons (Fsp3) is 0.0417. The van der Waals surface area contributed by atoms with Gasteiger partial charge in [-0.15, -0.1) is 0 Å². The normalized spacial score (nSPS) is 11.5. The lowest BCUT2D eigenvalue weighted by atomic mass is 10.1. The van der Waals surface area contributed by atoms with E-state index in [9.17, 15) is 17.6 Å². The van der Waals surface area contributed by atoms with Crippen LogP contribution in [0.2, 0.25) is 5.02 Å². The first kappa shape index (κ1) is 23.5. The van der Waals surface area contributed by atoms with Gasteiger partial charge in [0.1, 0.15) is 16.5 Å². The van der Waals surface area contributed by atoms with Crippen molar-refractivity contribution >= 4 is 38.2 Å². The van der Waals surface area contributed by atoms with Crippen LogP contribution in [0, 0.1) is 12.7 Å². The highest BCUT2D eigenvalue weighted by molar-refractivity contribution is 7.92. The first-order valence-electron chi connectivity index (χ1n) is 10.5. The summed E-state index contributed by atoms with van der Waals surface area (Å²) in [4.78, 5) is 18.0. The van der Waals surface area contributed by atoms with Gasteiger partial charge in [-0.1, -0.05) is 23.7 Å². The molecule has 12 heteroatoms. The Hall–Kier alpha value is -4.22. The van der Waals surface area contributed by atoms with E-state index in [-0.39, 0.29) is 22.1 Å². The fourth-order valence-electron chi connectivity index (χ4n) is 3.54. The zero-order valence-corrected chi connectivity index (χ0v) is 20.1. The Morgan fingerprint density at radius 3 is 2.56 bits per heavy atom. The van der Waals surface area contributed by atoms with Gasteiger partial charge in [-0.2, -0.15) is 5.10 Å². The van der Waals surface area contributed by atoms with E-state index in [4.69, 9.17) is 16.3 Å². The Balaban J connectivity index is 1.47. The zero-order chi connectivity index (χ0) is 25.4. The Bertz CT molecular complexity index is 1750. The van der Waals surface area contributed by atoms with Crippen molar-refractivity contribution in [1.82, 2.24) is 20.2 Å². The predicted octanol–water partition coefficient (Wildman–Crippen LogP) is 5.01. The maximum Gasteiger partial charge on any atom is 0.264 e. The van der Waals surface area contributed by atoms with E-state index in [1.807, 2.05) is 6.92 Å². The number of benzene rings is 2. The molecule has 0 fully saturated rings. The van der Waals surface area contributed by atoms with Gasteiger partial charge in [-0.25, -0.2) is 17.8 Å². The molecular formula is C24H17ClFN5O4S. The molecule has 0 saturated carbocycles. The number of halogens is 2. The standard InChI is InChI=1S/C24H17ClFN5O4S/c1-13-23-20(30-29-13)11-19(28-24(23)35-17-7-9-22(32)27-12-17)14-2-5-16(6-3-14)31-36(33,34)21-10-15(25)4-8-18(21)26/h2-12,31H,1H3,(H,27,32)(H,29,30). The van der Waals surface area contributed by atoms with E-state index < -0.39 is 20.7 Å². The van der Waals surface area contributed by atoms with Crippen molar-refractivity contribution in [3.8, 4) is 22.9 Å². The second kappa shape index (κ2) is 9.10.